The summed E-state index contributed by atoms with van der Waals surface area (Å²) in [5, 5.41) is 7.77. The molecule has 3 heterocycles. The van der Waals surface area contributed by atoms with E-state index in [1.807, 2.05) is 24.4 Å². The van der Waals surface area contributed by atoms with E-state index in [2.05, 4.69) is 20.6 Å². The maximum Gasteiger partial charge on any atom is 0.230 e. The number of amides is 2. The van der Waals surface area contributed by atoms with Gasteiger partial charge in [0, 0.05) is 24.2 Å². The van der Waals surface area contributed by atoms with E-state index in [4.69, 9.17) is 4.42 Å². The van der Waals surface area contributed by atoms with Crippen LogP contribution in [0.2, 0.25) is 0 Å². The van der Waals surface area contributed by atoms with Gasteiger partial charge in [0.15, 0.2) is 10.9 Å². The van der Waals surface area contributed by atoms with Gasteiger partial charge in [-0.25, -0.2) is 4.98 Å². The fourth-order valence-corrected chi connectivity index (χ4v) is 2.93. The molecule has 7 nitrogen and oxygen atoms in total. The smallest absolute Gasteiger partial charge is 0.230 e. The number of anilines is 1. The van der Waals surface area contributed by atoms with E-state index in [1.54, 1.807) is 18.3 Å². The van der Waals surface area contributed by atoms with E-state index in [0.717, 1.165) is 11.3 Å². The Morgan fingerprint density at radius 2 is 2.08 bits per heavy atom. The second kappa shape index (κ2) is 7.92. The summed E-state index contributed by atoms with van der Waals surface area (Å²) in [5.41, 5.74) is 2.39. The molecule has 0 aliphatic heterocycles. The number of hydrogen-bond donors (Lipinski definition) is 2. The summed E-state index contributed by atoms with van der Waals surface area (Å²) in [7, 11) is 0. The van der Waals surface area contributed by atoms with Crippen LogP contribution in [-0.2, 0) is 22.6 Å². The molecule has 8 heteroatoms. The zero-order valence-corrected chi connectivity index (χ0v) is 15.2. The molecule has 0 aliphatic carbocycles. The number of rotatable bonds is 6. The zero-order valence-electron chi connectivity index (χ0n) is 14.4. The lowest BCUT2D eigenvalue weighted by molar-refractivity contribution is -0.119. The normalized spacial score (nSPS) is 10.5. The van der Waals surface area contributed by atoms with E-state index in [-0.39, 0.29) is 18.2 Å². The topological polar surface area (TPSA) is 97.1 Å². The molecule has 0 saturated heterocycles. The summed E-state index contributed by atoms with van der Waals surface area (Å²) in [6, 6.07) is 7.33. The molecule has 0 bridgehead atoms. The molecular weight excluding hydrogens is 352 g/mol. The molecule has 0 aromatic carbocycles. The Morgan fingerprint density at radius 3 is 2.81 bits per heavy atom. The number of hydrogen-bond acceptors (Lipinski definition) is 6. The molecular formula is C18H18N4O3S. The van der Waals surface area contributed by atoms with Crippen LogP contribution in [0.25, 0.3) is 11.5 Å². The zero-order chi connectivity index (χ0) is 18.5. The predicted molar refractivity (Wildman–Crippen MR) is 98.6 cm³/mol. The predicted octanol–water partition coefficient (Wildman–Crippen LogP) is 2.92. The van der Waals surface area contributed by atoms with Gasteiger partial charge in [0.25, 0.3) is 0 Å². The Morgan fingerprint density at radius 1 is 1.23 bits per heavy atom. The Hall–Kier alpha value is -3.00. The molecule has 3 aromatic rings. The Balaban J connectivity index is 1.59. The van der Waals surface area contributed by atoms with Crippen molar-refractivity contribution in [2.75, 3.05) is 5.32 Å². The van der Waals surface area contributed by atoms with Crippen LogP contribution in [0.15, 0.2) is 40.3 Å². The first-order chi connectivity index (χ1) is 12.5. The van der Waals surface area contributed by atoms with Crippen molar-refractivity contribution in [3.05, 3.63) is 52.9 Å². The average Bonchev–Trinajstić information content (AvgIpc) is 3.24. The second-order valence-electron chi connectivity index (χ2n) is 5.75. The summed E-state index contributed by atoms with van der Waals surface area (Å²) in [4.78, 5) is 31.6. The lowest BCUT2D eigenvalue weighted by atomic mass is 10.2. The van der Waals surface area contributed by atoms with Crippen molar-refractivity contribution in [3.63, 3.8) is 0 Å². The number of carbonyl (C=O) groups excluding carboxylic acids is 2. The standard InChI is InChI=1S/C18H18N4O3S/c1-11-3-4-13(8-19-11)7-17(24)22-18-21-15(10-26-18)16-6-5-14(25-16)9-20-12(2)23/h3-6,8,10H,7,9H2,1-2H3,(H,20,23)(H,21,22,24). The van der Waals surface area contributed by atoms with Gasteiger partial charge in [0.05, 0.1) is 13.0 Å². The number of thiazole rings is 1. The first-order valence-corrected chi connectivity index (χ1v) is 8.88. The first kappa shape index (κ1) is 17.8. The van der Waals surface area contributed by atoms with Crippen LogP contribution in [0.4, 0.5) is 5.13 Å². The van der Waals surface area contributed by atoms with Gasteiger partial charge in [0.1, 0.15) is 11.5 Å². The van der Waals surface area contributed by atoms with Crippen LogP contribution >= 0.6 is 11.3 Å². The Kier molecular flexibility index (Phi) is 5.43. The van der Waals surface area contributed by atoms with Gasteiger partial charge in [-0.1, -0.05) is 6.07 Å². The van der Waals surface area contributed by atoms with Crippen LogP contribution in [-0.4, -0.2) is 21.8 Å². The summed E-state index contributed by atoms with van der Waals surface area (Å²) in [6.07, 6.45) is 1.94. The summed E-state index contributed by atoms with van der Waals surface area (Å²) >= 11 is 1.32. The van der Waals surface area contributed by atoms with E-state index < -0.39 is 0 Å². The van der Waals surface area contributed by atoms with Crippen LogP contribution in [0, 0.1) is 6.92 Å². The minimum absolute atomic E-state index is 0.120. The highest BCUT2D eigenvalue weighted by Crippen LogP contribution is 2.26. The quantitative estimate of drug-likeness (QED) is 0.695. The highest BCUT2D eigenvalue weighted by atomic mass is 32.1. The number of carbonyl (C=O) groups is 2. The van der Waals surface area contributed by atoms with Crippen LogP contribution in [0.1, 0.15) is 23.9 Å². The number of nitrogens with one attached hydrogen (secondary N) is 2. The lowest BCUT2D eigenvalue weighted by Gasteiger charge is -2.02. The van der Waals surface area contributed by atoms with Crippen molar-refractivity contribution in [3.8, 4) is 11.5 Å². The third-order valence-corrected chi connectivity index (χ3v) is 4.27. The highest BCUT2D eigenvalue weighted by Gasteiger charge is 2.12. The molecule has 0 saturated carbocycles. The summed E-state index contributed by atoms with van der Waals surface area (Å²) in [6.45, 7) is 3.68. The molecule has 0 unspecified atom stereocenters. The van der Waals surface area contributed by atoms with E-state index in [1.165, 1.54) is 18.3 Å². The third-order valence-electron chi connectivity index (χ3n) is 3.51. The number of aromatic nitrogens is 2. The van der Waals surface area contributed by atoms with Gasteiger partial charge in [-0.3, -0.25) is 14.6 Å². The minimum atomic E-state index is -0.151. The maximum atomic E-state index is 12.1. The van der Waals surface area contributed by atoms with E-state index in [9.17, 15) is 9.59 Å². The highest BCUT2D eigenvalue weighted by molar-refractivity contribution is 7.14. The van der Waals surface area contributed by atoms with Gasteiger partial charge in [-0.15, -0.1) is 11.3 Å². The fourth-order valence-electron chi connectivity index (χ4n) is 2.22. The largest absolute Gasteiger partial charge is 0.458 e. The molecule has 2 amide bonds. The van der Waals surface area contributed by atoms with Crippen molar-refractivity contribution < 1.29 is 14.0 Å². The van der Waals surface area contributed by atoms with Gasteiger partial charge in [-0.05, 0) is 30.7 Å². The van der Waals surface area contributed by atoms with Crippen LogP contribution < -0.4 is 10.6 Å². The average molecular weight is 370 g/mol. The molecule has 0 radical (unpaired) electrons. The van der Waals surface area contributed by atoms with Gasteiger partial charge in [0.2, 0.25) is 11.8 Å². The maximum absolute atomic E-state index is 12.1. The Bertz CT molecular complexity index is 915. The molecule has 0 fully saturated rings. The SMILES string of the molecule is CC(=O)NCc1ccc(-c2csc(NC(=O)Cc3ccc(C)nc3)n2)o1. The summed E-state index contributed by atoms with van der Waals surface area (Å²) in [5.74, 6) is 0.957. The molecule has 26 heavy (non-hydrogen) atoms. The van der Waals surface area contributed by atoms with Crippen molar-refractivity contribution >= 4 is 28.3 Å². The number of nitrogens with zero attached hydrogens (tertiary/aromatic N) is 2. The molecule has 134 valence electrons. The monoisotopic (exact) mass is 370 g/mol. The van der Waals surface area contributed by atoms with Crippen molar-refractivity contribution in [2.24, 2.45) is 0 Å². The molecule has 0 atom stereocenters. The van der Waals surface area contributed by atoms with E-state index in [0.29, 0.717) is 28.9 Å². The lowest BCUT2D eigenvalue weighted by Crippen LogP contribution is -2.18. The van der Waals surface area contributed by atoms with Crippen LogP contribution in [0.3, 0.4) is 0 Å². The number of furan rings is 1. The van der Waals surface area contributed by atoms with E-state index >= 15 is 0 Å². The summed E-state index contributed by atoms with van der Waals surface area (Å²) < 4.78 is 5.65. The van der Waals surface area contributed by atoms with Crippen molar-refractivity contribution in [2.45, 2.75) is 26.8 Å². The molecule has 0 spiro atoms. The molecule has 0 aliphatic rings. The molecule has 3 aromatic heterocycles. The molecule has 3 rings (SSSR count). The third kappa shape index (κ3) is 4.76. The first-order valence-electron chi connectivity index (χ1n) is 8.00. The Labute approximate surface area is 154 Å². The van der Waals surface area contributed by atoms with Crippen LogP contribution in [0.5, 0.6) is 0 Å². The fraction of sp³-hybridized carbons (Fsp3) is 0.222. The minimum Gasteiger partial charge on any atom is -0.458 e. The number of pyridine rings is 1. The van der Waals surface area contributed by atoms with Gasteiger partial charge in [-0.2, -0.15) is 0 Å². The number of aryl methyl sites for hydroxylation is 1. The van der Waals surface area contributed by atoms with Gasteiger partial charge >= 0.3 is 0 Å². The van der Waals surface area contributed by atoms with Crippen molar-refractivity contribution in [1.82, 2.24) is 15.3 Å². The van der Waals surface area contributed by atoms with Gasteiger partial charge < -0.3 is 15.1 Å². The molecule has 2 N–H and O–H groups in total. The van der Waals surface area contributed by atoms with Crippen molar-refractivity contribution in [1.29, 1.82) is 0 Å². The second-order valence-corrected chi connectivity index (χ2v) is 6.60.